The molecule has 1 aliphatic heterocycles. The van der Waals surface area contributed by atoms with Crippen LogP contribution in [0.3, 0.4) is 0 Å². The van der Waals surface area contributed by atoms with Crippen LogP contribution in [-0.2, 0) is 4.74 Å². The molecule has 0 amide bonds. The lowest BCUT2D eigenvalue weighted by molar-refractivity contribution is 0.0339. The molecule has 1 aromatic carbocycles. The first-order chi connectivity index (χ1) is 10.1. The molecule has 0 aromatic heterocycles. The fourth-order valence-corrected chi connectivity index (χ4v) is 2.76. The average molecular weight is 294 g/mol. The summed E-state index contributed by atoms with van der Waals surface area (Å²) in [7, 11) is 1.60. The lowest BCUT2D eigenvalue weighted by Gasteiger charge is -2.30. The Morgan fingerprint density at radius 1 is 1.33 bits per heavy atom. The van der Waals surface area contributed by atoms with Crippen LogP contribution in [0.1, 0.15) is 25.5 Å². The van der Waals surface area contributed by atoms with E-state index in [1.807, 2.05) is 12.1 Å². The molecular weight excluding hydrogens is 268 g/mol. The average Bonchev–Trinajstić information content (AvgIpc) is 2.47. The monoisotopic (exact) mass is 294 g/mol. The molecule has 1 heterocycles. The van der Waals surface area contributed by atoms with Gasteiger partial charge in [-0.2, -0.15) is 0 Å². The predicted molar refractivity (Wildman–Crippen MR) is 82.9 cm³/mol. The first kappa shape index (κ1) is 16.1. The SMILES string of the molecule is COc1ccc(C(C)NC(C)CN2CCOCC2)c(O)c1. The molecule has 0 saturated carbocycles. The third-order valence-electron chi connectivity index (χ3n) is 3.87. The predicted octanol–water partition coefficient (Wildman–Crippen LogP) is 1.77. The van der Waals surface area contributed by atoms with Gasteiger partial charge in [-0.05, 0) is 19.9 Å². The minimum absolute atomic E-state index is 0.0898. The molecule has 0 spiro atoms. The molecule has 2 rings (SSSR count). The van der Waals surface area contributed by atoms with Gasteiger partial charge in [-0.1, -0.05) is 6.07 Å². The van der Waals surface area contributed by atoms with Crippen molar-refractivity contribution in [2.75, 3.05) is 40.0 Å². The number of morpholine rings is 1. The summed E-state index contributed by atoms with van der Waals surface area (Å²) in [6.45, 7) is 8.86. The second-order valence-electron chi connectivity index (χ2n) is 5.63. The Morgan fingerprint density at radius 2 is 2.05 bits per heavy atom. The van der Waals surface area contributed by atoms with E-state index < -0.39 is 0 Å². The van der Waals surface area contributed by atoms with Crippen LogP contribution in [0, 0.1) is 0 Å². The zero-order valence-electron chi connectivity index (χ0n) is 13.1. The Morgan fingerprint density at radius 3 is 2.67 bits per heavy atom. The third-order valence-corrected chi connectivity index (χ3v) is 3.87. The number of rotatable bonds is 6. The highest BCUT2D eigenvalue weighted by atomic mass is 16.5. The molecule has 1 aliphatic rings. The summed E-state index contributed by atoms with van der Waals surface area (Å²) in [6, 6.07) is 5.87. The highest BCUT2D eigenvalue weighted by Gasteiger charge is 2.17. The quantitative estimate of drug-likeness (QED) is 0.837. The smallest absolute Gasteiger partial charge is 0.124 e. The van der Waals surface area contributed by atoms with Crippen LogP contribution in [0.2, 0.25) is 0 Å². The van der Waals surface area contributed by atoms with E-state index in [4.69, 9.17) is 9.47 Å². The van der Waals surface area contributed by atoms with Crippen molar-refractivity contribution < 1.29 is 14.6 Å². The van der Waals surface area contributed by atoms with E-state index in [0.29, 0.717) is 11.8 Å². The van der Waals surface area contributed by atoms with Gasteiger partial charge in [0.2, 0.25) is 0 Å². The van der Waals surface area contributed by atoms with Crippen molar-refractivity contribution >= 4 is 0 Å². The van der Waals surface area contributed by atoms with Crippen molar-refractivity contribution in [1.29, 1.82) is 0 Å². The zero-order chi connectivity index (χ0) is 15.2. The van der Waals surface area contributed by atoms with E-state index in [9.17, 15) is 5.11 Å². The number of nitrogens with zero attached hydrogens (tertiary/aromatic N) is 1. The Labute approximate surface area is 126 Å². The Hall–Kier alpha value is -1.30. The molecule has 2 atom stereocenters. The number of benzene rings is 1. The highest BCUT2D eigenvalue weighted by Crippen LogP contribution is 2.28. The summed E-state index contributed by atoms with van der Waals surface area (Å²) >= 11 is 0. The van der Waals surface area contributed by atoms with E-state index in [0.717, 1.165) is 38.4 Å². The maximum atomic E-state index is 10.1. The van der Waals surface area contributed by atoms with E-state index in [2.05, 4.69) is 24.1 Å². The first-order valence-corrected chi connectivity index (χ1v) is 7.53. The van der Waals surface area contributed by atoms with Gasteiger partial charge in [0, 0.05) is 43.3 Å². The van der Waals surface area contributed by atoms with Crippen LogP contribution in [0.5, 0.6) is 11.5 Å². The number of phenolic OH excluding ortho intramolecular Hbond substituents is 1. The number of methoxy groups -OCH3 is 1. The highest BCUT2D eigenvalue weighted by molar-refractivity contribution is 5.41. The molecule has 0 aliphatic carbocycles. The summed E-state index contributed by atoms with van der Waals surface area (Å²) < 4.78 is 10.5. The number of ether oxygens (including phenoxy) is 2. The van der Waals surface area contributed by atoms with Crippen LogP contribution in [0.25, 0.3) is 0 Å². The van der Waals surface area contributed by atoms with Gasteiger partial charge in [0.25, 0.3) is 0 Å². The van der Waals surface area contributed by atoms with Crippen LogP contribution >= 0.6 is 0 Å². The minimum atomic E-state index is 0.0898. The van der Waals surface area contributed by atoms with Gasteiger partial charge < -0.3 is 19.9 Å². The molecule has 5 nitrogen and oxygen atoms in total. The van der Waals surface area contributed by atoms with Crippen LogP contribution in [-0.4, -0.2) is 56.0 Å². The second-order valence-corrected chi connectivity index (χ2v) is 5.63. The normalized spacial score (nSPS) is 19.2. The molecule has 0 bridgehead atoms. The molecule has 1 aromatic rings. The summed E-state index contributed by atoms with van der Waals surface area (Å²) in [5.74, 6) is 0.942. The molecule has 2 unspecified atom stereocenters. The van der Waals surface area contributed by atoms with Crippen LogP contribution < -0.4 is 10.1 Å². The fraction of sp³-hybridized carbons (Fsp3) is 0.625. The number of nitrogens with one attached hydrogen (secondary N) is 1. The van der Waals surface area contributed by atoms with Gasteiger partial charge in [0.05, 0.1) is 20.3 Å². The summed E-state index contributed by atoms with van der Waals surface area (Å²) in [6.07, 6.45) is 0. The standard InChI is InChI=1S/C16H26N2O3/c1-12(11-18-6-8-21-9-7-18)17-13(2)15-5-4-14(20-3)10-16(15)19/h4-5,10,12-13,17,19H,6-9,11H2,1-3H3. The van der Waals surface area contributed by atoms with Crippen molar-refractivity contribution in [1.82, 2.24) is 10.2 Å². The zero-order valence-corrected chi connectivity index (χ0v) is 13.1. The van der Waals surface area contributed by atoms with Gasteiger partial charge in [-0.25, -0.2) is 0 Å². The van der Waals surface area contributed by atoms with Crippen molar-refractivity contribution in [3.63, 3.8) is 0 Å². The number of phenols is 1. The molecular formula is C16H26N2O3. The number of hydrogen-bond acceptors (Lipinski definition) is 5. The molecule has 0 radical (unpaired) electrons. The summed E-state index contributed by atoms with van der Waals surface area (Å²) in [4.78, 5) is 2.40. The van der Waals surface area contributed by atoms with E-state index in [-0.39, 0.29) is 11.8 Å². The van der Waals surface area contributed by atoms with Gasteiger partial charge in [0.1, 0.15) is 11.5 Å². The maximum Gasteiger partial charge on any atom is 0.124 e. The van der Waals surface area contributed by atoms with Crippen molar-refractivity contribution in [2.24, 2.45) is 0 Å². The maximum absolute atomic E-state index is 10.1. The fourth-order valence-electron chi connectivity index (χ4n) is 2.76. The van der Waals surface area contributed by atoms with Crippen LogP contribution in [0.4, 0.5) is 0 Å². The van der Waals surface area contributed by atoms with E-state index in [1.165, 1.54) is 0 Å². The number of hydrogen-bond donors (Lipinski definition) is 2. The Bertz CT molecular complexity index is 447. The van der Waals surface area contributed by atoms with Gasteiger partial charge >= 0.3 is 0 Å². The molecule has 1 fully saturated rings. The van der Waals surface area contributed by atoms with Gasteiger partial charge in [-0.15, -0.1) is 0 Å². The van der Waals surface area contributed by atoms with Crippen molar-refractivity contribution in [2.45, 2.75) is 25.9 Å². The van der Waals surface area contributed by atoms with E-state index in [1.54, 1.807) is 13.2 Å². The van der Waals surface area contributed by atoms with Crippen molar-refractivity contribution in [3.8, 4) is 11.5 Å². The van der Waals surface area contributed by atoms with Gasteiger partial charge in [-0.3, -0.25) is 4.90 Å². The van der Waals surface area contributed by atoms with E-state index >= 15 is 0 Å². The molecule has 21 heavy (non-hydrogen) atoms. The van der Waals surface area contributed by atoms with Crippen molar-refractivity contribution in [3.05, 3.63) is 23.8 Å². The van der Waals surface area contributed by atoms with Gasteiger partial charge in [0.15, 0.2) is 0 Å². The Kier molecular flexibility index (Phi) is 5.85. The lowest BCUT2D eigenvalue weighted by Crippen LogP contribution is -2.44. The molecule has 2 N–H and O–H groups in total. The third kappa shape index (κ3) is 4.59. The second kappa shape index (κ2) is 7.64. The molecule has 118 valence electrons. The Balaban J connectivity index is 1.89. The van der Waals surface area contributed by atoms with Crippen LogP contribution in [0.15, 0.2) is 18.2 Å². The first-order valence-electron chi connectivity index (χ1n) is 7.53. The molecule has 5 heteroatoms. The topological polar surface area (TPSA) is 54.0 Å². The number of aromatic hydroxyl groups is 1. The summed E-state index contributed by atoms with van der Waals surface area (Å²) in [5, 5.41) is 13.6. The lowest BCUT2D eigenvalue weighted by atomic mass is 10.1. The summed E-state index contributed by atoms with van der Waals surface area (Å²) in [5.41, 5.74) is 0.893. The minimum Gasteiger partial charge on any atom is -0.507 e. The largest absolute Gasteiger partial charge is 0.507 e. The molecule has 1 saturated heterocycles.